The first-order valence-corrected chi connectivity index (χ1v) is 7.17. The molecule has 2 aromatic carbocycles. The molecule has 5 heteroatoms. The van der Waals surface area contributed by atoms with Gasteiger partial charge in [-0.2, -0.15) is 0 Å². The van der Waals surface area contributed by atoms with E-state index in [4.69, 9.17) is 0 Å². The molecule has 0 unspecified atom stereocenters. The van der Waals surface area contributed by atoms with Gasteiger partial charge in [0, 0.05) is 11.3 Å². The molecule has 0 saturated heterocycles. The van der Waals surface area contributed by atoms with E-state index >= 15 is 0 Å². The number of benzene rings is 2. The summed E-state index contributed by atoms with van der Waals surface area (Å²) in [6.07, 6.45) is 1.08. The van der Waals surface area contributed by atoms with Gasteiger partial charge in [0.15, 0.2) is 0 Å². The van der Waals surface area contributed by atoms with Gasteiger partial charge in [0.05, 0.1) is 6.26 Å². The first-order chi connectivity index (χ1) is 8.46. The lowest BCUT2D eigenvalue weighted by Crippen LogP contribution is -2.09. The van der Waals surface area contributed by atoms with Gasteiger partial charge in [-0.25, -0.2) is 12.8 Å². The van der Waals surface area contributed by atoms with E-state index < -0.39 is 10.0 Å². The predicted octanol–water partition coefficient (Wildman–Crippen LogP) is 2.86. The van der Waals surface area contributed by atoms with Crippen molar-refractivity contribution in [3.63, 3.8) is 0 Å². The van der Waals surface area contributed by atoms with E-state index in [0.717, 1.165) is 6.26 Å². The molecule has 0 spiro atoms. The van der Waals surface area contributed by atoms with Crippen molar-refractivity contribution in [3.05, 3.63) is 54.3 Å². The molecule has 0 aliphatic carbocycles. The van der Waals surface area contributed by atoms with Crippen molar-refractivity contribution in [1.29, 1.82) is 0 Å². The van der Waals surface area contributed by atoms with E-state index in [2.05, 4.69) is 4.72 Å². The van der Waals surface area contributed by atoms with Gasteiger partial charge in [0.25, 0.3) is 0 Å². The molecule has 0 aliphatic rings. The molecule has 2 rings (SSSR count). The molecule has 0 atom stereocenters. The van der Waals surface area contributed by atoms with E-state index in [1.807, 2.05) is 0 Å². The highest BCUT2D eigenvalue weighted by atomic mass is 32.2. The molecule has 0 radical (unpaired) electrons. The minimum absolute atomic E-state index is 0.304. The smallest absolute Gasteiger partial charge is 0.229 e. The summed E-state index contributed by atoms with van der Waals surface area (Å²) in [6.45, 7) is 0. The number of rotatable bonds is 3. The lowest BCUT2D eigenvalue weighted by Gasteiger charge is -2.06. The fraction of sp³-hybridized carbons (Fsp3) is 0.0769. The van der Waals surface area contributed by atoms with Gasteiger partial charge in [-0.05, 0) is 23.8 Å². The van der Waals surface area contributed by atoms with Crippen molar-refractivity contribution in [1.82, 2.24) is 0 Å². The summed E-state index contributed by atoms with van der Waals surface area (Å²) in [5.41, 5.74) is 1.65. The minimum atomic E-state index is -3.29. The van der Waals surface area contributed by atoms with Crippen LogP contribution >= 0.6 is 0 Å². The first kappa shape index (κ1) is 12.6. The molecule has 1 N–H and O–H groups in total. The summed E-state index contributed by atoms with van der Waals surface area (Å²) in [6, 6.07) is 13.0. The zero-order valence-corrected chi connectivity index (χ0v) is 10.5. The molecule has 0 heterocycles. The Balaban J connectivity index is 2.31. The van der Waals surface area contributed by atoms with Crippen molar-refractivity contribution in [2.24, 2.45) is 0 Å². The highest BCUT2D eigenvalue weighted by Crippen LogP contribution is 2.24. The van der Waals surface area contributed by atoms with E-state index in [9.17, 15) is 12.8 Å². The highest BCUT2D eigenvalue weighted by molar-refractivity contribution is 7.92. The van der Waals surface area contributed by atoms with Crippen LogP contribution in [0.2, 0.25) is 0 Å². The number of hydrogen-bond donors (Lipinski definition) is 1. The summed E-state index contributed by atoms with van der Waals surface area (Å²) < 4.78 is 38.0. The highest BCUT2D eigenvalue weighted by Gasteiger charge is 2.05. The molecule has 18 heavy (non-hydrogen) atoms. The van der Waals surface area contributed by atoms with Gasteiger partial charge >= 0.3 is 0 Å². The van der Waals surface area contributed by atoms with Crippen LogP contribution in [0.4, 0.5) is 10.1 Å². The molecule has 0 amide bonds. The molecule has 0 saturated carbocycles. The van der Waals surface area contributed by atoms with Crippen molar-refractivity contribution in [3.8, 4) is 11.1 Å². The number of anilines is 1. The van der Waals surface area contributed by atoms with E-state index in [-0.39, 0.29) is 5.82 Å². The second-order valence-electron chi connectivity index (χ2n) is 3.93. The molecule has 2 aromatic rings. The summed E-state index contributed by atoms with van der Waals surface area (Å²) >= 11 is 0. The van der Waals surface area contributed by atoms with Gasteiger partial charge < -0.3 is 0 Å². The molecule has 0 fully saturated rings. The van der Waals surface area contributed by atoms with Crippen LogP contribution in [0.25, 0.3) is 11.1 Å². The van der Waals surface area contributed by atoms with Crippen molar-refractivity contribution in [2.45, 2.75) is 0 Å². The maximum atomic E-state index is 13.5. The topological polar surface area (TPSA) is 46.2 Å². The van der Waals surface area contributed by atoms with Crippen LogP contribution < -0.4 is 4.72 Å². The standard InChI is InChI=1S/C13H12FNO2S/c1-18(16,17)15-11-8-6-10(7-9-11)12-4-2-3-5-13(12)14/h2-9,15H,1H3. The number of hydrogen-bond acceptors (Lipinski definition) is 2. The molecule has 0 aliphatic heterocycles. The molecular weight excluding hydrogens is 253 g/mol. The number of nitrogens with one attached hydrogen (secondary N) is 1. The van der Waals surface area contributed by atoms with Crippen LogP contribution in [0.1, 0.15) is 0 Å². The Hall–Kier alpha value is -1.88. The Morgan fingerprint density at radius 1 is 1.00 bits per heavy atom. The van der Waals surface area contributed by atoms with Crippen LogP contribution in [0.3, 0.4) is 0 Å². The van der Waals surface area contributed by atoms with Crippen molar-refractivity contribution in [2.75, 3.05) is 11.0 Å². The van der Waals surface area contributed by atoms with Gasteiger partial charge in [-0.1, -0.05) is 30.3 Å². The third-order valence-corrected chi connectivity index (χ3v) is 2.98. The predicted molar refractivity (Wildman–Crippen MR) is 70.3 cm³/mol. The van der Waals surface area contributed by atoms with Gasteiger partial charge in [-0.3, -0.25) is 4.72 Å². The lowest BCUT2D eigenvalue weighted by atomic mass is 10.1. The van der Waals surface area contributed by atoms with Crippen LogP contribution in [-0.4, -0.2) is 14.7 Å². The average Bonchev–Trinajstić information content (AvgIpc) is 2.29. The SMILES string of the molecule is CS(=O)(=O)Nc1ccc(-c2ccccc2F)cc1. The average molecular weight is 265 g/mol. The summed E-state index contributed by atoms with van der Waals surface area (Å²) in [5, 5.41) is 0. The summed E-state index contributed by atoms with van der Waals surface area (Å²) in [5.74, 6) is -0.304. The largest absolute Gasteiger partial charge is 0.284 e. The third-order valence-electron chi connectivity index (χ3n) is 2.37. The minimum Gasteiger partial charge on any atom is -0.284 e. The molecular formula is C13H12FNO2S. The first-order valence-electron chi connectivity index (χ1n) is 5.28. The fourth-order valence-corrected chi connectivity index (χ4v) is 2.19. The summed E-state index contributed by atoms with van der Waals surface area (Å²) in [7, 11) is -3.29. The van der Waals surface area contributed by atoms with E-state index in [0.29, 0.717) is 16.8 Å². The lowest BCUT2D eigenvalue weighted by molar-refractivity contribution is 0.607. The molecule has 0 bridgehead atoms. The van der Waals surface area contributed by atoms with Crippen LogP contribution in [-0.2, 0) is 10.0 Å². The van der Waals surface area contributed by atoms with Gasteiger partial charge in [0.2, 0.25) is 10.0 Å². The number of sulfonamides is 1. The Morgan fingerprint density at radius 3 is 2.17 bits per heavy atom. The zero-order chi connectivity index (χ0) is 13.2. The Morgan fingerprint density at radius 2 is 1.61 bits per heavy atom. The second kappa shape index (κ2) is 4.78. The maximum Gasteiger partial charge on any atom is 0.229 e. The fourth-order valence-electron chi connectivity index (χ4n) is 1.63. The molecule has 3 nitrogen and oxygen atoms in total. The zero-order valence-electron chi connectivity index (χ0n) is 9.72. The monoisotopic (exact) mass is 265 g/mol. The van der Waals surface area contributed by atoms with Crippen LogP contribution in [0.5, 0.6) is 0 Å². The van der Waals surface area contributed by atoms with Crippen molar-refractivity contribution < 1.29 is 12.8 Å². The third kappa shape index (κ3) is 3.07. The molecule has 94 valence electrons. The van der Waals surface area contributed by atoms with Gasteiger partial charge in [-0.15, -0.1) is 0 Å². The second-order valence-corrected chi connectivity index (χ2v) is 5.68. The number of halogens is 1. The van der Waals surface area contributed by atoms with E-state index in [1.54, 1.807) is 42.5 Å². The van der Waals surface area contributed by atoms with Crippen LogP contribution in [0, 0.1) is 5.82 Å². The van der Waals surface area contributed by atoms with E-state index in [1.165, 1.54) is 6.07 Å². The Bertz CT molecular complexity index is 651. The maximum absolute atomic E-state index is 13.5. The quantitative estimate of drug-likeness (QED) is 0.927. The van der Waals surface area contributed by atoms with Crippen molar-refractivity contribution >= 4 is 15.7 Å². The normalized spacial score (nSPS) is 11.2. The molecule has 0 aromatic heterocycles. The van der Waals surface area contributed by atoms with Gasteiger partial charge in [0.1, 0.15) is 5.82 Å². The summed E-state index contributed by atoms with van der Waals surface area (Å²) in [4.78, 5) is 0. The van der Waals surface area contributed by atoms with Crippen LogP contribution in [0.15, 0.2) is 48.5 Å². The Labute approximate surface area is 105 Å². The Kier molecular flexibility index (Phi) is 3.34.